The fourth-order valence-corrected chi connectivity index (χ4v) is 1.08. The predicted molar refractivity (Wildman–Crippen MR) is 52.1 cm³/mol. The van der Waals surface area contributed by atoms with E-state index < -0.39 is 28.0 Å². The number of hydrogen-bond acceptors (Lipinski definition) is 3. The highest BCUT2D eigenvalue weighted by Gasteiger charge is 2.13. The minimum atomic E-state index is -1.08. The summed E-state index contributed by atoms with van der Waals surface area (Å²) in [5.74, 6) is -2.96. The average Bonchev–Trinajstić information content (AvgIpc) is 2.26. The summed E-state index contributed by atoms with van der Waals surface area (Å²) < 4.78 is 26.0. The Bertz CT molecular complexity index is 516. The second kappa shape index (κ2) is 4.61. The normalized spacial score (nSPS) is 9.06. The highest BCUT2D eigenvalue weighted by Crippen LogP contribution is 2.24. The van der Waals surface area contributed by atoms with E-state index in [0.29, 0.717) is 0 Å². The summed E-state index contributed by atoms with van der Waals surface area (Å²) in [7, 11) is 0. The molecule has 0 saturated carbocycles. The number of allylic oxidation sites excluding steroid dienone is 1. The van der Waals surface area contributed by atoms with E-state index in [2.05, 4.69) is 0 Å². The van der Waals surface area contributed by atoms with E-state index in [1.165, 1.54) is 12.1 Å². The van der Waals surface area contributed by atoms with Crippen LogP contribution in [0.15, 0.2) is 17.7 Å². The van der Waals surface area contributed by atoms with E-state index >= 15 is 0 Å². The van der Waals surface area contributed by atoms with Crippen molar-refractivity contribution in [3.63, 3.8) is 0 Å². The molecule has 0 heterocycles. The summed E-state index contributed by atoms with van der Waals surface area (Å²) in [5.41, 5.74) is -0.960. The first-order valence-corrected chi connectivity index (χ1v) is 4.27. The molecule has 0 radical (unpaired) electrons. The van der Waals surface area contributed by atoms with Gasteiger partial charge in [-0.3, -0.25) is 0 Å². The Balaban J connectivity index is 3.44. The number of nitriles is 2. The summed E-state index contributed by atoms with van der Waals surface area (Å²) in [6, 6.07) is 4.25. The quantitative estimate of drug-likeness (QED) is 0.466. The molecule has 0 atom stereocenters. The summed E-state index contributed by atoms with van der Waals surface area (Å²) in [6.45, 7) is 0. The number of halogens is 3. The van der Waals surface area contributed by atoms with Gasteiger partial charge in [0.05, 0.1) is 0 Å². The van der Waals surface area contributed by atoms with Crippen LogP contribution in [0, 0.1) is 34.3 Å². The lowest BCUT2D eigenvalue weighted by molar-refractivity contribution is 0.506. The molecule has 16 heavy (non-hydrogen) atoms. The zero-order chi connectivity index (χ0) is 12.3. The van der Waals surface area contributed by atoms with Gasteiger partial charge < -0.3 is 5.11 Å². The van der Waals surface area contributed by atoms with E-state index in [0.717, 1.165) is 12.1 Å². The number of rotatable bonds is 1. The van der Waals surface area contributed by atoms with Crippen molar-refractivity contribution in [3.8, 4) is 12.1 Å². The van der Waals surface area contributed by atoms with Crippen molar-refractivity contribution < 1.29 is 13.9 Å². The number of aliphatic hydroxyl groups is 1. The minimum Gasteiger partial charge on any atom is -0.505 e. The molecule has 1 rings (SSSR count). The summed E-state index contributed by atoms with van der Waals surface area (Å²) >= 11 is 5.22. The second-order valence-electron chi connectivity index (χ2n) is 2.70. The fraction of sp³-hybridized carbons (Fsp3) is 0. The maximum absolute atomic E-state index is 13.0. The van der Waals surface area contributed by atoms with Gasteiger partial charge in [-0.25, -0.2) is 8.78 Å². The third-order valence-corrected chi connectivity index (χ3v) is 2.08. The second-order valence-corrected chi connectivity index (χ2v) is 3.08. The number of hydrogen-bond donors (Lipinski definition) is 1. The van der Waals surface area contributed by atoms with E-state index in [9.17, 15) is 13.9 Å². The molecule has 0 aliphatic rings. The van der Waals surface area contributed by atoms with Gasteiger partial charge >= 0.3 is 0 Å². The monoisotopic (exact) mass is 240 g/mol. The van der Waals surface area contributed by atoms with Crippen LogP contribution in [0.4, 0.5) is 8.78 Å². The zero-order valence-electron chi connectivity index (χ0n) is 7.63. The van der Waals surface area contributed by atoms with Gasteiger partial charge in [0, 0.05) is 5.56 Å². The first-order chi connectivity index (χ1) is 7.51. The number of nitrogens with zero attached hydrogens (tertiary/aromatic N) is 2. The maximum Gasteiger partial charge on any atom is 0.171 e. The molecule has 6 heteroatoms. The average molecular weight is 241 g/mol. The topological polar surface area (TPSA) is 67.8 Å². The van der Waals surface area contributed by atoms with Crippen molar-refractivity contribution in [3.05, 3.63) is 39.9 Å². The standard InChI is InChI=1S/C10H3ClF2N2O/c11-9-7(12)1-5(2-8(9)13)10(16)6(3-14)4-15/h1-2,16H. The molecule has 0 aliphatic heterocycles. The molecule has 0 saturated heterocycles. The highest BCUT2D eigenvalue weighted by molar-refractivity contribution is 6.30. The first kappa shape index (κ1) is 12.0. The van der Waals surface area contributed by atoms with Crippen molar-refractivity contribution in [2.45, 2.75) is 0 Å². The Kier molecular flexibility index (Phi) is 3.44. The van der Waals surface area contributed by atoms with E-state index in [1.807, 2.05) is 0 Å². The third-order valence-electron chi connectivity index (χ3n) is 1.72. The van der Waals surface area contributed by atoms with E-state index in [4.69, 9.17) is 22.1 Å². The molecular formula is C10H3ClF2N2O. The van der Waals surface area contributed by atoms with Crippen LogP contribution in [-0.4, -0.2) is 5.11 Å². The van der Waals surface area contributed by atoms with Crippen molar-refractivity contribution in [2.24, 2.45) is 0 Å². The summed E-state index contributed by atoms with van der Waals surface area (Å²) in [5, 5.41) is 25.6. The van der Waals surface area contributed by atoms with Crippen LogP contribution in [0.1, 0.15) is 5.56 Å². The van der Waals surface area contributed by atoms with Crippen LogP contribution in [0.5, 0.6) is 0 Å². The Hall–Kier alpha value is -2.11. The molecule has 80 valence electrons. The number of aliphatic hydroxyl groups excluding tert-OH is 1. The molecule has 0 aliphatic carbocycles. The Labute approximate surface area is 94.4 Å². The lowest BCUT2D eigenvalue weighted by Crippen LogP contribution is -1.93. The van der Waals surface area contributed by atoms with E-state index in [1.54, 1.807) is 0 Å². The SMILES string of the molecule is N#CC(C#N)=C(O)c1cc(F)c(Cl)c(F)c1. The molecule has 0 amide bonds. The molecule has 0 spiro atoms. The van der Waals surface area contributed by atoms with Crippen LogP contribution in [-0.2, 0) is 0 Å². The molecule has 0 aromatic heterocycles. The molecule has 0 bridgehead atoms. The van der Waals surface area contributed by atoms with Crippen LogP contribution in [0.25, 0.3) is 5.76 Å². The van der Waals surface area contributed by atoms with Gasteiger partial charge in [-0.2, -0.15) is 10.5 Å². The lowest BCUT2D eigenvalue weighted by Gasteiger charge is -2.02. The highest BCUT2D eigenvalue weighted by atomic mass is 35.5. The fourth-order valence-electron chi connectivity index (χ4n) is 0.967. The van der Waals surface area contributed by atoms with Gasteiger partial charge in [0.15, 0.2) is 11.3 Å². The molecule has 1 N–H and O–H groups in total. The molecule has 1 aromatic rings. The van der Waals surface area contributed by atoms with Crippen LogP contribution in [0.2, 0.25) is 5.02 Å². The Morgan fingerprint density at radius 1 is 1.19 bits per heavy atom. The Morgan fingerprint density at radius 3 is 2.00 bits per heavy atom. The number of benzene rings is 1. The largest absolute Gasteiger partial charge is 0.505 e. The van der Waals surface area contributed by atoms with Crippen LogP contribution >= 0.6 is 11.6 Å². The molecule has 0 unspecified atom stereocenters. The molecule has 1 aromatic carbocycles. The molecule has 3 nitrogen and oxygen atoms in total. The van der Waals surface area contributed by atoms with Crippen molar-refractivity contribution in [1.29, 1.82) is 10.5 Å². The van der Waals surface area contributed by atoms with Crippen LogP contribution < -0.4 is 0 Å². The first-order valence-electron chi connectivity index (χ1n) is 3.89. The minimum absolute atomic E-state index is 0.322. The van der Waals surface area contributed by atoms with Crippen molar-refractivity contribution in [2.75, 3.05) is 0 Å². The molecule has 0 fully saturated rings. The Morgan fingerprint density at radius 2 is 1.62 bits per heavy atom. The van der Waals surface area contributed by atoms with Gasteiger partial charge in [0.1, 0.15) is 28.8 Å². The third kappa shape index (κ3) is 2.10. The molecular weight excluding hydrogens is 238 g/mol. The van der Waals surface area contributed by atoms with Gasteiger partial charge in [-0.1, -0.05) is 11.6 Å². The zero-order valence-corrected chi connectivity index (χ0v) is 8.39. The maximum atomic E-state index is 13.0. The van der Waals surface area contributed by atoms with Crippen LogP contribution in [0.3, 0.4) is 0 Å². The van der Waals surface area contributed by atoms with Gasteiger partial charge in [-0.05, 0) is 12.1 Å². The van der Waals surface area contributed by atoms with E-state index in [-0.39, 0.29) is 5.56 Å². The summed E-state index contributed by atoms with van der Waals surface area (Å²) in [6.07, 6.45) is 0. The van der Waals surface area contributed by atoms with Gasteiger partial charge in [0.2, 0.25) is 0 Å². The van der Waals surface area contributed by atoms with Crippen molar-refractivity contribution in [1.82, 2.24) is 0 Å². The van der Waals surface area contributed by atoms with Crippen molar-refractivity contribution >= 4 is 17.4 Å². The smallest absolute Gasteiger partial charge is 0.171 e. The lowest BCUT2D eigenvalue weighted by atomic mass is 10.1. The summed E-state index contributed by atoms with van der Waals surface area (Å²) in [4.78, 5) is 0. The van der Waals surface area contributed by atoms with Gasteiger partial charge in [0.25, 0.3) is 0 Å². The van der Waals surface area contributed by atoms with Gasteiger partial charge in [-0.15, -0.1) is 0 Å². The predicted octanol–water partition coefficient (Wildman–Crippen LogP) is 2.93.